The quantitative estimate of drug-likeness (QED) is 0.414. The fraction of sp³-hybridized carbons (Fsp3) is 0.118. The van der Waals surface area contributed by atoms with Crippen LogP contribution >= 0.6 is 0 Å². The second kappa shape index (κ2) is 6.31. The molecule has 0 bridgehead atoms. The lowest BCUT2D eigenvalue weighted by atomic mass is 10.1. The van der Waals surface area contributed by atoms with E-state index < -0.39 is 4.92 Å². The Morgan fingerprint density at radius 2 is 2.04 bits per heavy atom. The number of benzene rings is 2. The van der Waals surface area contributed by atoms with Crippen LogP contribution in [0.4, 0.5) is 11.4 Å². The van der Waals surface area contributed by atoms with Crippen LogP contribution in [-0.2, 0) is 6.42 Å². The van der Waals surface area contributed by atoms with Crippen LogP contribution in [0.5, 0.6) is 0 Å². The number of anilines is 1. The van der Waals surface area contributed by atoms with Gasteiger partial charge in [-0.25, -0.2) is 0 Å². The first-order chi connectivity index (χ1) is 11.2. The Morgan fingerprint density at radius 3 is 2.83 bits per heavy atom. The first-order valence-corrected chi connectivity index (χ1v) is 7.21. The molecule has 0 atom stereocenters. The van der Waals surface area contributed by atoms with Crippen molar-refractivity contribution in [3.05, 3.63) is 69.9 Å². The normalized spacial score (nSPS) is 10.6. The first kappa shape index (κ1) is 14.8. The number of aldehydes is 1. The van der Waals surface area contributed by atoms with Crippen LogP contribution in [-0.4, -0.2) is 22.7 Å². The molecule has 1 heterocycles. The molecule has 6 nitrogen and oxygen atoms in total. The number of para-hydroxylation sites is 1. The van der Waals surface area contributed by atoms with E-state index in [0.29, 0.717) is 24.1 Å². The van der Waals surface area contributed by atoms with Crippen molar-refractivity contribution >= 4 is 28.6 Å². The molecule has 0 saturated carbocycles. The number of aromatic nitrogens is 1. The molecule has 0 aliphatic heterocycles. The Balaban J connectivity index is 1.73. The SMILES string of the molecule is O=Cc1ccc(NCCc2c[nH]c3ccccc23)c([N+](=O)[O-])c1. The highest BCUT2D eigenvalue weighted by Crippen LogP contribution is 2.25. The van der Waals surface area contributed by atoms with E-state index in [-0.39, 0.29) is 5.69 Å². The van der Waals surface area contributed by atoms with Crippen LogP contribution in [0.2, 0.25) is 0 Å². The fourth-order valence-corrected chi connectivity index (χ4v) is 2.59. The van der Waals surface area contributed by atoms with Gasteiger partial charge in [-0.3, -0.25) is 14.9 Å². The first-order valence-electron chi connectivity index (χ1n) is 7.21. The van der Waals surface area contributed by atoms with E-state index in [1.165, 1.54) is 6.07 Å². The van der Waals surface area contributed by atoms with E-state index in [0.717, 1.165) is 22.9 Å². The summed E-state index contributed by atoms with van der Waals surface area (Å²) < 4.78 is 0. The highest BCUT2D eigenvalue weighted by Gasteiger charge is 2.14. The van der Waals surface area contributed by atoms with E-state index in [1.54, 1.807) is 12.1 Å². The standard InChI is InChI=1S/C17H15N3O3/c21-11-12-5-6-16(17(9-12)20(22)23)18-8-7-13-10-19-15-4-2-1-3-14(13)15/h1-6,9-11,18-19H,7-8H2. The molecule has 0 aliphatic rings. The van der Waals surface area contributed by atoms with E-state index in [2.05, 4.69) is 10.3 Å². The van der Waals surface area contributed by atoms with Crippen molar-refractivity contribution in [1.82, 2.24) is 4.98 Å². The molecule has 0 spiro atoms. The number of nitrogens with zero attached hydrogens (tertiary/aromatic N) is 1. The number of H-pyrrole nitrogens is 1. The minimum Gasteiger partial charge on any atom is -0.379 e. The zero-order chi connectivity index (χ0) is 16.2. The maximum absolute atomic E-state index is 11.1. The number of fused-ring (bicyclic) bond motifs is 1. The van der Waals surface area contributed by atoms with E-state index in [9.17, 15) is 14.9 Å². The Labute approximate surface area is 132 Å². The van der Waals surface area contributed by atoms with Gasteiger partial charge in [0.1, 0.15) is 12.0 Å². The molecule has 0 amide bonds. The maximum Gasteiger partial charge on any atom is 0.293 e. The predicted octanol–water partition coefficient (Wildman–Crippen LogP) is 3.54. The largest absolute Gasteiger partial charge is 0.379 e. The van der Waals surface area contributed by atoms with Crippen LogP contribution in [0.15, 0.2) is 48.7 Å². The van der Waals surface area contributed by atoms with Gasteiger partial charge in [0.25, 0.3) is 5.69 Å². The molecule has 0 radical (unpaired) electrons. The summed E-state index contributed by atoms with van der Waals surface area (Å²) in [6.07, 6.45) is 3.29. The Bertz CT molecular complexity index is 870. The Morgan fingerprint density at radius 1 is 1.22 bits per heavy atom. The van der Waals surface area contributed by atoms with Crippen molar-refractivity contribution in [1.29, 1.82) is 0 Å². The summed E-state index contributed by atoms with van der Waals surface area (Å²) >= 11 is 0. The number of nitro groups is 1. The van der Waals surface area contributed by atoms with Crippen molar-refractivity contribution < 1.29 is 9.72 Å². The van der Waals surface area contributed by atoms with E-state index >= 15 is 0 Å². The van der Waals surface area contributed by atoms with Crippen molar-refractivity contribution in [2.75, 3.05) is 11.9 Å². The zero-order valence-electron chi connectivity index (χ0n) is 12.3. The lowest BCUT2D eigenvalue weighted by molar-refractivity contribution is -0.384. The summed E-state index contributed by atoms with van der Waals surface area (Å²) in [4.78, 5) is 24.6. The molecule has 3 rings (SSSR count). The van der Waals surface area contributed by atoms with Crippen molar-refractivity contribution in [3.63, 3.8) is 0 Å². The molecular weight excluding hydrogens is 294 g/mol. The number of nitro benzene ring substituents is 1. The molecule has 2 aromatic carbocycles. The summed E-state index contributed by atoms with van der Waals surface area (Å²) in [5.41, 5.74) is 2.84. The molecule has 1 aromatic heterocycles. The second-order valence-corrected chi connectivity index (χ2v) is 5.19. The van der Waals surface area contributed by atoms with E-state index in [1.807, 2.05) is 30.5 Å². The topological polar surface area (TPSA) is 88.0 Å². The van der Waals surface area contributed by atoms with Gasteiger partial charge < -0.3 is 10.3 Å². The van der Waals surface area contributed by atoms with Crippen molar-refractivity contribution in [2.24, 2.45) is 0 Å². The van der Waals surface area contributed by atoms with Crippen LogP contribution < -0.4 is 5.32 Å². The monoisotopic (exact) mass is 309 g/mol. The smallest absolute Gasteiger partial charge is 0.293 e. The molecule has 0 fully saturated rings. The summed E-state index contributed by atoms with van der Waals surface area (Å²) in [7, 11) is 0. The summed E-state index contributed by atoms with van der Waals surface area (Å²) in [6.45, 7) is 0.559. The molecule has 116 valence electrons. The molecule has 2 N–H and O–H groups in total. The third-order valence-corrected chi connectivity index (χ3v) is 3.74. The minimum absolute atomic E-state index is 0.0893. The average Bonchev–Trinajstić information content (AvgIpc) is 2.98. The summed E-state index contributed by atoms with van der Waals surface area (Å²) in [6, 6.07) is 12.4. The molecular formula is C17H15N3O3. The number of carbonyl (C=O) groups is 1. The number of aromatic amines is 1. The predicted molar refractivity (Wildman–Crippen MR) is 89.0 cm³/mol. The highest BCUT2D eigenvalue weighted by molar-refractivity contribution is 5.83. The number of hydrogen-bond acceptors (Lipinski definition) is 4. The van der Waals surface area contributed by atoms with Gasteiger partial charge >= 0.3 is 0 Å². The molecule has 6 heteroatoms. The highest BCUT2D eigenvalue weighted by atomic mass is 16.6. The molecule has 3 aromatic rings. The molecule has 0 saturated heterocycles. The van der Waals surface area contributed by atoms with Crippen LogP contribution in [0, 0.1) is 10.1 Å². The molecule has 23 heavy (non-hydrogen) atoms. The maximum atomic E-state index is 11.1. The van der Waals surface area contributed by atoms with Gasteiger partial charge in [-0.15, -0.1) is 0 Å². The zero-order valence-corrected chi connectivity index (χ0v) is 12.3. The molecule has 0 aliphatic carbocycles. The van der Waals surface area contributed by atoms with Gasteiger partial charge in [0.15, 0.2) is 0 Å². The second-order valence-electron chi connectivity index (χ2n) is 5.19. The van der Waals surface area contributed by atoms with Gasteiger partial charge in [0.2, 0.25) is 0 Å². The van der Waals surface area contributed by atoms with Crippen LogP contribution in [0.1, 0.15) is 15.9 Å². The van der Waals surface area contributed by atoms with Gasteiger partial charge in [0, 0.05) is 35.3 Å². The average molecular weight is 309 g/mol. The Kier molecular flexibility index (Phi) is 4.05. The van der Waals surface area contributed by atoms with Gasteiger partial charge in [-0.2, -0.15) is 0 Å². The van der Waals surface area contributed by atoms with Gasteiger partial charge in [0.05, 0.1) is 4.92 Å². The van der Waals surface area contributed by atoms with Gasteiger partial charge in [-0.1, -0.05) is 18.2 Å². The summed E-state index contributed by atoms with van der Waals surface area (Å²) in [5, 5.41) is 15.3. The van der Waals surface area contributed by atoms with Crippen LogP contribution in [0.3, 0.4) is 0 Å². The van der Waals surface area contributed by atoms with Crippen molar-refractivity contribution in [3.8, 4) is 0 Å². The Hall–Kier alpha value is -3.15. The third-order valence-electron chi connectivity index (χ3n) is 3.74. The number of hydrogen-bond donors (Lipinski definition) is 2. The summed E-state index contributed by atoms with van der Waals surface area (Å²) in [5.74, 6) is 0. The van der Waals surface area contributed by atoms with E-state index in [4.69, 9.17) is 0 Å². The lowest BCUT2D eigenvalue weighted by Gasteiger charge is -2.07. The fourth-order valence-electron chi connectivity index (χ4n) is 2.59. The van der Waals surface area contributed by atoms with Crippen molar-refractivity contribution in [2.45, 2.75) is 6.42 Å². The third kappa shape index (κ3) is 3.06. The lowest BCUT2D eigenvalue weighted by Crippen LogP contribution is -2.07. The number of nitrogens with one attached hydrogen (secondary N) is 2. The molecule has 0 unspecified atom stereocenters. The minimum atomic E-state index is -0.485. The number of carbonyl (C=O) groups excluding carboxylic acids is 1. The van der Waals surface area contributed by atoms with Gasteiger partial charge in [-0.05, 0) is 30.2 Å². The van der Waals surface area contributed by atoms with Crippen LogP contribution in [0.25, 0.3) is 10.9 Å². The number of rotatable bonds is 6.